The lowest BCUT2D eigenvalue weighted by atomic mass is 9.63. The number of halogens is 2. The van der Waals surface area contributed by atoms with E-state index in [0.717, 1.165) is 50.9 Å². The van der Waals surface area contributed by atoms with Crippen LogP contribution in [0, 0.1) is 11.3 Å². The van der Waals surface area contributed by atoms with Crippen molar-refractivity contribution in [3.8, 4) is 17.2 Å². The van der Waals surface area contributed by atoms with E-state index in [4.69, 9.17) is 42.1 Å². The number of morpholine rings is 1. The third kappa shape index (κ3) is 7.33. The molecule has 258 valence electrons. The summed E-state index contributed by atoms with van der Waals surface area (Å²) in [6.45, 7) is 3.57. The molecule has 0 N–H and O–H groups in total. The first kappa shape index (κ1) is 35.6. The summed E-state index contributed by atoms with van der Waals surface area (Å²) < 4.78 is 23.1. The summed E-state index contributed by atoms with van der Waals surface area (Å²) in [4.78, 5) is 33.8. The first-order chi connectivity index (χ1) is 22.6. The van der Waals surface area contributed by atoms with Gasteiger partial charge in [-0.2, -0.15) is 0 Å². The lowest BCUT2D eigenvalue weighted by molar-refractivity contribution is -0.149. The van der Waals surface area contributed by atoms with Crippen LogP contribution >= 0.6 is 23.2 Å². The highest BCUT2D eigenvalue weighted by atomic mass is 35.5. The van der Waals surface area contributed by atoms with Crippen molar-refractivity contribution >= 4 is 35.0 Å². The number of benzene rings is 2. The molecular formula is C36H49Cl2N3O6. The van der Waals surface area contributed by atoms with Crippen molar-refractivity contribution in [3.05, 3.63) is 51.5 Å². The molecule has 11 heteroatoms. The van der Waals surface area contributed by atoms with Crippen LogP contribution in [0.3, 0.4) is 0 Å². The SMILES string of the molecule is COc1cc(C(=O)N2CCOC(CCN3CCC(C(=O)N(C)C)(C4CCCCC4)CC3)(c3ccc(Cl)c(Cl)c3)C2)cc(OC)c1OC. The summed E-state index contributed by atoms with van der Waals surface area (Å²) in [5, 5.41) is 0.907. The average molecular weight is 691 g/mol. The molecule has 1 atom stereocenters. The maximum Gasteiger partial charge on any atom is 0.254 e. The van der Waals surface area contributed by atoms with E-state index in [9.17, 15) is 9.59 Å². The molecule has 3 aliphatic rings. The van der Waals surface area contributed by atoms with E-state index in [1.807, 2.05) is 31.1 Å². The Hall–Kier alpha value is -2.72. The molecule has 2 amide bonds. The summed E-state index contributed by atoms with van der Waals surface area (Å²) in [5.74, 6) is 1.84. The smallest absolute Gasteiger partial charge is 0.254 e. The molecule has 5 rings (SSSR count). The standard InChI is InChI=1S/C36H49Cl2N3O6/c1-39(2)34(43)35(26-9-7-6-8-10-26)13-16-40(17-14-35)18-15-36(27-11-12-28(37)29(38)23-27)24-41(19-20-47-36)33(42)25-21-30(44-3)32(46-5)31(22-25)45-4/h11-12,21-23,26H,6-10,13-20,24H2,1-5H3. The number of carbonyl (C=O) groups is 2. The zero-order chi connectivity index (χ0) is 33.8. The molecule has 3 fully saturated rings. The molecule has 0 aromatic heterocycles. The van der Waals surface area contributed by atoms with Crippen LogP contribution in [0.4, 0.5) is 0 Å². The highest BCUT2D eigenvalue weighted by Gasteiger charge is 2.48. The monoisotopic (exact) mass is 689 g/mol. The van der Waals surface area contributed by atoms with Crippen molar-refractivity contribution in [3.63, 3.8) is 0 Å². The minimum absolute atomic E-state index is 0.158. The van der Waals surface area contributed by atoms with Gasteiger partial charge in [0.05, 0.1) is 49.9 Å². The Kier molecular flexibility index (Phi) is 11.5. The van der Waals surface area contributed by atoms with Crippen molar-refractivity contribution in [1.29, 1.82) is 0 Å². The van der Waals surface area contributed by atoms with E-state index in [-0.39, 0.29) is 17.2 Å². The van der Waals surface area contributed by atoms with E-state index < -0.39 is 5.60 Å². The quantitative estimate of drug-likeness (QED) is 0.281. The first-order valence-corrected chi connectivity index (χ1v) is 17.5. The first-order valence-electron chi connectivity index (χ1n) is 16.7. The van der Waals surface area contributed by atoms with Crippen LogP contribution in [-0.4, -0.2) is 101 Å². The van der Waals surface area contributed by atoms with Crippen molar-refractivity contribution in [2.24, 2.45) is 11.3 Å². The summed E-state index contributed by atoms with van der Waals surface area (Å²) >= 11 is 12.9. The van der Waals surface area contributed by atoms with Gasteiger partial charge in [0.25, 0.3) is 5.91 Å². The van der Waals surface area contributed by atoms with Crippen LogP contribution in [0.15, 0.2) is 30.3 Å². The number of amides is 2. The van der Waals surface area contributed by atoms with Crippen LogP contribution in [0.1, 0.15) is 67.3 Å². The number of carbonyl (C=O) groups excluding carboxylic acids is 2. The number of piperidine rings is 1. The Balaban J connectivity index is 1.37. The number of likely N-dealkylation sites (tertiary alicyclic amines) is 1. The molecular weight excluding hydrogens is 641 g/mol. The van der Waals surface area contributed by atoms with E-state index >= 15 is 0 Å². The van der Waals surface area contributed by atoms with Crippen LogP contribution in [0.25, 0.3) is 0 Å². The average Bonchev–Trinajstić information content (AvgIpc) is 3.11. The van der Waals surface area contributed by atoms with Gasteiger partial charge in [0.15, 0.2) is 11.5 Å². The maximum atomic E-state index is 14.0. The molecule has 2 aromatic carbocycles. The van der Waals surface area contributed by atoms with Crippen molar-refractivity contribution < 1.29 is 28.5 Å². The maximum absolute atomic E-state index is 14.0. The Morgan fingerprint density at radius 3 is 2.15 bits per heavy atom. The fourth-order valence-corrected chi connectivity index (χ4v) is 8.30. The fourth-order valence-electron chi connectivity index (χ4n) is 8.01. The molecule has 2 aliphatic heterocycles. The van der Waals surface area contributed by atoms with E-state index in [2.05, 4.69) is 4.90 Å². The predicted octanol–water partition coefficient (Wildman–Crippen LogP) is 6.53. The Labute approximate surface area is 289 Å². The van der Waals surface area contributed by atoms with Crippen molar-refractivity contribution in [1.82, 2.24) is 14.7 Å². The number of ether oxygens (including phenoxy) is 4. The number of hydrogen-bond donors (Lipinski definition) is 0. The lowest BCUT2D eigenvalue weighted by Crippen LogP contribution is -2.55. The largest absolute Gasteiger partial charge is 0.493 e. The number of hydrogen-bond acceptors (Lipinski definition) is 7. The highest BCUT2D eigenvalue weighted by Crippen LogP contribution is 2.47. The summed E-state index contributed by atoms with van der Waals surface area (Å²) in [6.07, 6.45) is 8.35. The van der Waals surface area contributed by atoms with Gasteiger partial charge in [-0.1, -0.05) is 48.5 Å². The second-order valence-electron chi connectivity index (χ2n) is 13.4. The lowest BCUT2D eigenvalue weighted by Gasteiger charge is -2.49. The fraction of sp³-hybridized carbons (Fsp3) is 0.611. The highest BCUT2D eigenvalue weighted by molar-refractivity contribution is 6.42. The van der Waals surface area contributed by atoms with Crippen LogP contribution in [0.2, 0.25) is 10.0 Å². The minimum atomic E-state index is -0.805. The normalized spacial score (nSPS) is 22.1. The molecule has 2 saturated heterocycles. The Morgan fingerprint density at radius 2 is 1.57 bits per heavy atom. The van der Waals surface area contributed by atoms with Gasteiger partial charge in [-0.05, 0) is 80.9 Å². The van der Waals surface area contributed by atoms with Crippen LogP contribution in [-0.2, 0) is 15.1 Å². The van der Waals surface area contributed by atoms with E-state index in [0.29, 0.717) is 64.9 Å². The summed E-state index contributed by atoms with van der Waals surface area (Å²) in [7, 11) is 8.39. The summed E-state index contributed by atoms with van der Waals surface area (Å²) in [5.41, 5.74) is 0.225. The van der Waals surface area contributed by atoms with Gasteiger partial charge >= 0.3 is 0 Å². The number of methoxy groups -OCH3 is 3. The predicted molar refractivity (Wildman–Crippen MR) is 184 cm³/mol. The Morgan fingerprint density at radius 1 is 0.915 bits per heavy atom. The molecule has 0 bridgehead atoms. The van der Waals surface area contributed by atoms with Gasteiger partial charge in [-0.3, -0.25) is 9.59 Å². The van der Waals surface area contributed by atoms with Crippen molar-refractivity contribution in [2.75, 3.05) is 74.8 Å². The molecule has 47 heavy (non-hydrogen) atoms. The van der Waals surface area contributed by atoms with Gasteiger partial charge in [-0.25, -0.2) is 0 Å². The van der Waals surface area contributed by atoms with Crippen molar-refractivity contribution in [2.45, 2.75) is 57.0 Å². The molecule has 2 heterocycles. The van der Waals surface area contributed by atoms with Crippen LogP contribution < -0.4 is 14.2 Å². The second-order valence-corrected chi connectivity index (χ2v) is 14.2. The molecule has 9 nitrogen and oxygen atoms in total. The minimum Gasteiger partial charge on any atom is -0.493 e. The number of nitrogens with zero attached hydrogens (tertiary/aromatic N) is 3. The van der Waals surface area contributed by atoms with Crippen LogP contribution in [0.5, 0.6) is 17.2 Å². The molecule has 1 saturated carbocycles. The number of rotatable bonds is 10. The molecule has 0 spiro atoms. The van der Waals surface area contributed by atoms with Gasteiger partial charge in [-0.15, -0.1) is 0 Å². The third-order valence-electron chi connectivity index (χ3n) is 10.6. The second kappa shape index (κ2) is 15.2. The third-order valence-corrected chi connectivity index (χ3v) is 11.4. The molecule has 2 aromatic rings. The Bertz CT molecular complexity index is 1400. The van der Waals surface area contributed by atoms with Gasteiger partial charge in [0, 0.05) is 32.7 Å². The van der Waals surface area contributed by atoms with E-state index in [1.165, 1.54) is 40.6 Å². The van der Waals surface area contributed by atoms with Gasteiger partial charge in [0.1, 0.15) is 5.60 Å². The zero-order valence-corrected chi connectivity index (χ0v) is 29.9. The van der Waals surface area contributed by atoms with E-state index in [1.54, 1.807) is 23.1 Å². The van der Waals surface area contributed by atoms with Gasteiger partial charge in [0.2, 0.25) is 11.7 Å². The molecule has 1 aliphatic carbocycles. The summed E-state index contributed by atoms with van der Waals surface area (Å²) in [6, 6.07) is 8.96. The van der Waals surface area contributed by atoms with Gasteiger partial charge < -0.3 is 33.6 Å². The topological polar surface area (TPSA) is 80.8 Å². The zero-order valence-electron chi connectivity index (χ0n) is 28.4. The molecule has 1 unspecified atom stereocenters. The molecule has 0 radical (unpaired) electrons.